The average Bonchev–Trinajstić information content (AvgIpc) is 2.97. The fourth-order valence-corrected chi connectivity index (χ4v) is 2.20. The summed E-state index contributed by atoms with van der Waals surface area (Å²) in [6, 6.07) is 6.75. The topological polar surface area (TPSA) is 35.5 Å². The molecule has 0 radical (unpaired) electrons. The van der Waals surface area contributed by atoms with Crippen molar-refractivity contribution in [1.29, 1.82) is 0 Å². The van der Waals surface area contributed by atoms with Gasteiger partial charge in [-0.1, -0.05) is 11.6 Å². The van der Waals surface area contributed by atoms with Crippen molar-refractivity contribution in [3.05, 3.63) is 29.8 Å². The van der Waals surface area contributed by atoms with Gasteiger partial charge in [-0.2, -0.15) is 0 Å². The van der Waals surface area contributed by atoms with Crippen molar-refractivity contribution >= 4 is 17.6 Å². The van der Waals surface area contributed by atoms with Crippen molar-refractivity contribution in [2.24, 2.45) is 5.92 Å². The molecule has 0 heterocycles. The number of alkyl halides is 2. The van der Waals surface area contributed by atoms with Gasteiger partial charge in [-0.15, -0.1) is 0 Å². The first-order valence-electron chi connectivity index (χ1n) is 6.70. The molecule has 2 rings (SSSR count). The van der Waals surface area contributed by atoms with Crippen molar-refractivity contribution in [3.8, 4) is 5.75 Å². The Morgan fingerprint density at radius 1 is 1.45 bits per heavy atom. The standard InChI is InChI=1S/C15H18ClFO3/c1-10(2)20-13-5-3-11(4-6-13)14(18)19-8-7-12-9-15(12,16)17/h3-6,10,12H,7-9H2,1-2H3. The van der Waals surface area contributed by atoms with Crippen LogP contribution in [0.15, 0.2) is 24.3 Å². The lowest BCUT2D eigenvalue weighted by molar-refractivity contribution is 0.0491. The lowest BCUT2D eigenvalue weighted by atomic mass is 10.2. The highest BCUT2D eigenvalue weighted by atomic mass is 35.5. The van der Waals surface area contributed by atoms with Gasteiger partial charge in [-0.3, -0.25) is 0 Å². The normalized spacial score (nSPS) is 24.6. The molecule has 1 aliphatic rings. The summed E-state index contributed by atoms with van der Waals surface area (Å²) in [6.45, 7) is 4.05. The van der Waals surface area contributed by atoms with Gasteiger partial charge < -0.3 is 9.47 Å². The molecule has 5 heteroatoms. The molecule has 0 spiro atoms. The Kier molecular flexibility index (Phi) is 4.53. The van der Waals surface area contributed by atoms with E-state index in [9.17, 15) is 9.18 Å². The summed E-state index contributed by atoms with van der Waals surface area (Å²) in [5, 5.41) is -1.58. The maximum Gasteiger partial charge on any atom is 0.338 e. The van der Waals surface area contributed by atoms with Crippen LogP contribution in [-0.2, 0) is 4.74 Å². The van der Waals surface area contributed by atoms with Crippen LogP contribution in [0.3, 0.4) is 0 Å². The molecule has 3 nitrogen and oxygen atoms in total. The van der Waals surface area contributed by atoms with E-state index in [0.717, 1.165) is 0 Å². The zero-order valence-electron chi connectivity index (χ0n) is 11.6. The Morgan fingerprint density at radius 2 is 2.05 bits per heavy atom. The zero-order valence-corrected chi connectivity index (χ0v) is 12.3. The van der Waals surface area contributed by atoms with E-state index < -0.39 is 11.1 Å². The second-order valence-corrected chi connectivity index (χ2v) is 5.91. The van der Waals surface area contributed by atoms with Gasteiger partial charge in [0.2, 0.25) is 0 Å². The largest absolute Gasteiger partial charge is 0.491 e. The van der Waals surface area contributed by atoms with Crippen LogP contribution in [0.25, 0.3) is 0 Å². The quantitative estimate of drug-likeness (QED) is 0.589. The first-order valence-corrected chi connectivity index (χ1v) is 7.08. The van der Waals surface area contributed by atoms with Gasteiger partial charge in [0, 0.05) is 12.3 Å². The third-order valence-electron chi connectivity index (χ3n) is 3.12. The fourth-order valence-electron chi connectivity index (χ4n) is 1.90. The molecule has 0 aliphatic heterocycles. The summed E-state index contributed by atoms with van der Waals surface area (Å²) in [5.41, 5.74) is 0.453. The molecule has 20 heavy (non-hydrogen) atoms. The van der Waals surface area contributed by atoms with E-state index in [-0.39, 0.29) is 18.6 Å². The highest BCUT2D eigenvalue weighted by Crippen LogP contribution is 2.52. The van der Waals surface area contributed by atoms with E-state index in [1.807, 2.05) is 13.8 Å². The van der Waals surface area contributed by atoms with Crippen LogP contribution >= 0.6 is 11.6 Å². The number of hydrogen-bond donors (Lipinski definition) is 0. The lowest BCUT2D eigenvalue weighted by Gasteiger charge is -2.10. The van der Waals surface area contributed by atoms with E-state index in [2.05, 4.69) is 0 Å². The zero-order chi connectivity index (χ0) is 14.8. The smallest absolute Gasteiger partial charge is 0.338 e. The van der Waals surface area contributed by atoms with E-state index in [1.165, 1.54) is 0 Å². The van der Waals surface area contributed by atoms with Crippen LogP contribution < -0.4 is 4.74 Å². The van der Waals surface area contributed by atoms with Gasteiger partial charge in [0.25, 0.3) is 0 Å². The molecule has 1 aromatic carbocycles. The molecule has 0 N–H and O–H groups in total. The number of ether oxygens (including phenoxy) is 2. The van der Waals surface area contributed by atoms with Gasteiger partial charge >= 0.3 is 5.97 Å². The van der Waals surface area contributed by atoms with Crippen molar-refractivity contribution in [1.82, 2.24) is 0 Å². The van der Waals surface area contributed by atoms with Crippen LogP contribution in [0, 0.1) is 5.92 Å². The highest BCUT2D eigenvalue weighted by molar-refractivity contribution is 6.24. The Balaban J connectivity index is 1.77. The molecule has 0 amide bonds. The SMILES string of the molecule is CC(C)Oc1ccc(C(=O)OCCC2CC2(F)Cl)cc1. The maximum atomic E-state index is 13.1. The van der Waals surface area contributed by atoms with Crippen LogP contribution in [0.4, 0.5) is 4.39 Å². The van der Waals surface area contributed by atoms with Crippen molar-refractivity contribution in [2.75, 3.05) is 6.61 Å². The first kappa shape index (κ1) is 15.1. The second-order valence-electron chi connectivity index (χ2n) is 5.28. The minimum atomic E-state index is -1.58. The molecule has 1 saturated carbocycles. The Labute approximate surface area is 123 Å². The average molecular weight is 301 g/mol. The van der Waals surface area contributed by atoms with Gasteiger partial charge in [0.15, 0.2) is 5.13 Å². The van der Waals surface area contributed by atoms with Gasteiger partial charge in [-0.05, 0) is 44.5 Å². The fraction of sp³-hybridized carbons (Fsp3) is 0.533. The number of esters is 1. The van der Waals surface area contributed by atoms with E-state index in [1.54, 1.807) is 24.3 Å². The maximum absolute atomic E-state index is 13.1. The molecule has 2 atom stereocenters. The predicted molar refractivity (Wildman–Crippen MR) is 74.9 cm³/mol. The van der Waals surface area contributed by atoms with Crippen molar-refractivity contribution in [2.45, 2.75) is 37.9 Å². The summed E-state index contributed by atoms with van der Waals surface area (Å²) in [5.74, 6) is 0.0958. The summed E-state index contributed by atoms with van der Waals surface area (Å²) in [6.07, 6.45) is 0.885. The van der Waals surface area contributed by atoms with Gasteiger partial charge in [0.1, 0.15) is 5.75 Å². The van der Waals surface area contributed by atoms with E-state index in [4.69, 9.17) is 21.1 Å². The third kappa shape index (κ3) is 4.10. The van der Waals surface area contributed by atoms with Crippen molar-refractivity contribution < 1.29 is 18.7 Å². The molecular formula is C15H18ClFO3. The highest BCUT2D eigenvalue weighted by Gasteiger charge is 2.53. The monoisotopic (exact) mass is 300 g/mol. The predicted octanol–water partition coefficient (Wildman–Crippen LogP) is 3.95. The molecular weight excluding hydrogens is 283 g/mol. The van der Waals surface area contributed by atoms with Crippen LogP contribution in [0.2, 0.25) is 0 Å². The minimum Gasteiger partial charge on any atom is -0.491 e. The second kappa shape index (κ2) is 6.00. The number of carbonyl (C=O) groups excluding carboxylic acids is 1. The Hall–Kier alpha value is -1.29. The summed E-state index contributed by atoms with van der Waals surface area (Å²) in [4.78, 5) is 11.8. The Morgan fingerprint density at radius 3 is 2.55 bits per heavy atom. The van der Waals surface area contributed by atoms with Crippen LogP contribution in [0.1, 0.15) is 37.0 Å². The first-order chi connectivity index (χ1) is 9.38. The molecule has 1 aliphatic carbocycles. The molecule has 0 saturated heterocycles. The summed E-state index contributed by atoms with van der Waals surface area (Å²) >= 11 is 5.48. The number of rotatable bonds is 6. The van der Waals surface area contributed by atoms with Crippen LogP contribution in [-0.4, -0.2) is 23.8 Å². The van der Waals surface area contributed by atoms with E-state index in [0.29, 0.717) is 24.2 Å². The van der Waals surface area contributed by atoms with Gasteiger partial charge in [0.05, 0.1) is 18.3 Å². The number of halogens is 2. The molecule has 0 bridgehead atoms. The molecule has 1 aromatic rings. The number of benzene rings is 1. The number of carbonyl (C=O) groups is 1. The summed E-state index contributed by atoms with van der Waals surface area (Å²) in [7, 11) is 0. The molecule has 1 fully saturated rings. The third-order valence-corrected chi connectivity index (χ3v) is 3.58. The Bertz CT molecular complexity index is 471. The lowest BCUT2D eigenvalue weighted by Crippen LogP contribution is -2.09. The van der Waals surface area contributed by atoms with Crippen LogP contribution in [0.5, 0.6) is 5.75 Å². The van der Waals surface area contributed by atoms with Crippen molar-refractivity contribution in [3.63, 3.8) is 0 Å². The van der Waals surface area contributed by atoms with E-state index >= 15 is 0 Å². The molecule has 0 aromatic heterocycles. The summed E-state index contributed by atoms with van der Waals surface area (Å²) < 4.78 is 23.6. The molecule has 110 valence electrons. The number of hydrogen-bond acceptors (Lipinski definition) is 3. The molecule has 2 unspecified atom stereocenters. The van der Waals surface area contributed by atoms with Gasteiger partial charge in [-0.25, -0.2) is 9.18 Å². The minimum absolute atomic E-state index is 0.0860.